The van der Waals surface area contributed by atoms with E-state index in [0.29, 0.717) is 0 Å². The molecule has 1 aliphatic carbocycles. The molecule has 0 atom stereocenters. The van der Waals surface area contributed by atoms with Crippen molar-refractivity contribution in [3.63, 3.8) is 0 Å². The van der Waals surface area contributed by atoms with Gasteiger partial charge in [-0.25, -0.2) is 13.6 Å². The van der Waals surface area contributed by atoms with E-state index in [1.807, 2.05) is 0 Å². The molecule has 1 fully saturated rings. The van der Waals surface area contributed by atoms with E-state index in [4.69, 9.17) is 4.74 Å². The predicted molar refractivity (Wildman–Crippen MR) is 58.6 cm³/mol. The smallest absolute Gasteiger partial charge is 0.344 e. The number of esters is 1. The van der Waals surface area contributed by atoms with Gasteiger partial charge in [-0.1, -0.05) is 12.5 Å². The highest BCUT2D eigenvalue weighted by Crippen LogP contribution is 2.22. The fourth-order valence-corrected chi connectivity index (χ4v) is 2.09. The van der Waals surface area contributed by atoms with Crippen LogP contribution >= 0.6 is 0 Å². The van der Waals surface area contributed by atoms with Gasteiger partial charge in [0.2, 0.25) is 0 Å². The standard InChI is InChI=1S/C13H14F2O2/c14-10-7-4-8-11(15)12(10)13(16)17-9-5-2-1-3-6-9/h4,7-9H,1-3,5-6H2. The molecule has 0 spiro atoms. The Kier molecular flexibility index (Phi) is 3.71. The summed E-state index contributed by atoms with van der Waals surface area (Å²) in [6.07, 6.45) is 4.48. The summed E-state index contributed by atoms with van der Waals surface area (Å²) >= 11 is 0. The fraction of sp³-hybridized carbons (Fsp3) is 0.462. The molecule has 0 saturated heterocycles. The molecule has 1 aromatic rings. The summed E-state index contributed by atoms with van der Waals surface area (Å²) in [5.74, 6) is -2.64. The molecule has 92 valence electrons. The Labute approximate surface area is 98.6 Å². The van der Waals surface area contributed by atoms with Crippen molar-refractivity contribution in [2.75, 3.05) is 0 Å². The van der Waals surface area contributed by atoms with Crippen molar-refractivity contribution >= 4 is 5.97 Å². The zero-order valence-corrected chi connectivity index (χ0v) is 9.42. The monoisotopic (exact) mass is 240 g/mol. The number of halogens is 2. The van der Waals surface area contributed by atoms with Crippen LogP contribution in [0.2, 0.25) is 0 Å². The zero-order valence-electron chi connectivity index (χ0n) is 9.42. The van der Waals surface area contributed by atoms with Crippen LogP contribution < -0.4 is 0 Å². The Balaban J connectivity index is 2.08. The van der Waals surface area contributed by atoms with Crippen molar-refractivity contribution in [3.8, 4) is 0 Å². The zero-order chi connectivity index (χ0) is 12.3. The van der Waals surface area contributed by atoms with Gasteiger partial charge in [0.25, 0.3) is 0 Å². The van der Waals surface area contributed by atoms with Crippen LogP contribution in [-0.2, 0) is 4.74 Å². The normalized spacial score (nSPS) is 16.8. The Hall–Kier alpha value is -1.45. The molecular formula is C13H14F2O2. The first-order valence-corrected chi connectivity index (χ1v) is 5.83. The highest BCUT2D eigenvalue weighted by molar-refractivity contribution is 5.90. The van der Waals surface area contributed by atoms with Crippen LogP contribution in [0.4, 0.5) is 8.78 Å². The Bertz CT molecular complexity index is 392. The van der Waals surface area contributed by atoms with E-state index in [-0.39, 0.29) is 6.10 Å². The Morgan fingerprint density at radius 2 is 1.71 bits per heavy atom. The van der Waals surface area contributed by atoms with Crippen LogP contribution in [0.3, 0.4) is 0 Å². The number of hydrogen-bond acceptors (Lipinski definition) is 2. The lowest BCUT2D eigenvalue weighted by Gasteiger charge is -2.21. The number of ether oxygens (including phenoxy) is 1. The first kappa shape index (κ1) is 12.0. The summed E-state index contributed by atoms with van der Waals surface area (Å²) in [6, 6.07) is 3.34. The molecule has 0 heterocycles. The van der Waals surface area contributed by atoms with Gasteiger partial charge < -0.3 is 4.74 Å². The number of rotatable bonds is 2. The van der Waals surface area contributed by atoms with E-state index < -0.39 is 23.2 Å². The molecule has 0 aliphatic heterocycles. The largest absolute Gasteiger partial charge is 0.459 e. The van der Waals surface area contributed by atoms with Gasteiger partial charge in [-0.15, -0.1) is 0 Å². The second kappa shape index (κ2) is 5.25. The first-order valence-electron chi connectivity index (χ1n) is 5.83. The average Bonchev–Trinajstić information content (AvgIpc) is 2.30. The van der Waals surface area contributed by atoms with Crippen molar-refractivity contribution in [1.82, 2.24) is 0 Å². The lowest BCUT2D eigenvalue weighted by atomic mass is 9.98. The molecule has 4 heteroatoms. The molecule has 17 heavy (non-hydrogen) atoms. The number of carbonyl (C=O) groups is 1. The maximum atomic E-state index is 13.3. The lowest BCUT2D eigenvalue weighted by molar-refractivity contribution is 0.0201. The summed E-state index contributed by atoms with van der Waals surface area (Å²) < 4.78 is 31.7. The molecule has 0 N–H and O–H groups in total. The topological polar surface area (TPSA) is 26.3 Å². The molecule has 2 rings (SSSR count). The molecule has 1 aliphatic rings. The summed E-state index contributed by atoms with van der Waals surface area (Å²) in [6.45, 7) is 0. The molecule has 1 aromatic carbocycles. The third-order valence-corrected chi connectivity index (χ3v) is 2.99. The van der Waals surface area contributed by atoms with Crippen molar-refractivity contribution in [1.29, 1.82) is 0 Å². The maximum Gasteiger partial charge on any atom is 0.344 e. The maximum absolute atomic E-state index is 13.3. The minimum absolute atomic E-state index is 0.199. The summed E-state index contributed by atoms with van der Waals surface area (Å²) in [7, 11) is 0. The minimum Gasteiger partial charge on any atom is -0.459 e. The molecular weight excluding hydrogens is 226 g/mol. The van der Waals surface area contributed by atoms with Crippen LogP contribution in [-0.4, -0.2) is 12.1 Å². The second-order valence-corrected chi connectivity index (χ2v) is 4.26. The van der Waals surface area contributed by atoms with Crippen molar-refractivity contribution in [2.45, 2.75) is 38.2 Å². The molecule has 0 amide bonds. The van der Waals surface area contributed by atoms with E-state index in [0.717, 1.165) is 44.2 Å². The second-order valence-electron chi connectivity index (χ2n) is 4.26. The summed E-state index contributed by atoms with van der Waals surface area (Å²) in [5.41, 5.74) is -0.585. The van der Waals surface area contributed by atoms with Gasteiger partial charge in [-0.3, -0.25) is 0 Å². The molecule has 2 nitrogen and oxygen atoms in total. The predicted octanol–water partition coefficient (Wildman–Crippen LogP) is 3.45. The van der Waals surface area contributed by atoms with E-state index in [2.05, 4.69) is 0 Å². The van der Waals surface area contributed by atoms with Crippen molar-refractivity contribution in [2.24, 2.45) is 0 Å². The van der Waals surface area contributed by atoms with Gasteiger partial charge in [-0.05, 0) is 37.8 Å². The van der Waals surface area contributed by atoms with Gasteiger partial charge in [0.05, 0.1) is 0 Å². The first-order chi connectivity index (χ1) is 8.18. The molecule has 0 bridgehead atoms. The van der Waals surface area contributed by atoms with Gasteiger partial charge in [0, 0.05) is 0 Å². The number of hydrogen-bond donors (Lipinski definition) is 0. The third kappa shape index (κ3) is 2.81. The van der Waals surface area contributed by atoms with E-state index in [9.17, 15) is 13.6 Å². The SMILES string of the molecule is O=C(OC1CCCCC1)c1c(F)cccc1F. The van der Waals surface area contributed by atoms with Crippen LogP contribution in [0.1, 0.15) is 42.5 Å². The highest BCUT2D eigenvalue weighted by Gasteiger charge is 2.23. The molecule has 0 aromatic heterocycles. The molecule has 0 unspecified atom stereocenters. The molecule has 1 saturated carbocycles. The fourth-order valence-electron chi connectivity index (χ4n) is 2.09. The van der Waals surface area contributed by atoms with Crippen molar-refractivity contribution < 1.29 is 18.3 Å². The van der Waals surface area contributed by atoms with Gasteiger partial charge in [0.1, 0.15) is 23.3 Å². The van der Waals surface area contributed by atoms with Crippen LogP contribution in [0.25, 0.3) is 0 Å². The average molecular weight is 240 g/mol. The third-order valence-electron chi connectivity index (χ3n) is 2.99. The lowest BCUT2D eigenvalue weighted by Crippen LogP contribution is -2.22. The summed E-state index contributed by atoms with van der Waals surface area (Å²) in [4.78, 5) is 11.7. The number of carbonyl (C=O) groups excluding carboxylic acids is 1. The quantitative estimate of drug-likeness (QED) is 0.740. The molecule has 0 radical (unpaired) electrons. The number of benzene rings is 1. The van der Waals surface area contributed by atoms with Crippen molar-refractivity contribution in [3.05, 3.63) is 35.4 Å². The Morgan fingerprint density at radius 1 is 1.12 bits per heavy atom. The minimum atomic E-state index is -0.896. The van der Waals surface area contributed by atoms with E-state index >= 15 is 0 Å². The van der Waals surface area contributed by atoms with Gasteiger partial charge in [-0.2, -0.15) is 0 Å². The van der Waals surface area contributed by atoms with Crippen LogP contribution in [0, 0.1) is 11.6 Å². The highest BCUT2D eigenvalue weighted by atomic mass is 19.1. The van der Waals surface area contributed by atoms with Crippen LogP contribution in [0.5, 0.6) is 0 Å². The summed E-state index contributed by atoms with van der Waals surface area (Å²) in [5, 5.41) is 0. The van der Waals surface area contributed by atoms with E-state index in [1.165, 1.54) is 6.07 Å². The van der Waals surface area contributed by atoms with Gasteiger partial charge in [0.15, 0.2) is 0 Å². The van der Waals surface area contributed by atoms with E-state index in [1.54, 1.807) is 0 Å². The van der Waals surface area contributed by atoms with Crippen LogP contribution in [0.15, 0.2) is 18.2 Å². The van der Waals surface area contributed by atoms with Gasteiger partial charge >= 0.3 is 5.97 Å². The Morgan fingerprint density at radius 3 is 2.29 bits per heavy atom.